The Morgan fingerprint density at radius 3 is 2.12 bits per heavy atom. The molecule has 1 amide bonds. The van der Waals surface area contributed by atoms with Crippen LogP contribution in [0.3, 0.4) is 0 Å². The van der Waals surface area contributed by atoms with Gasteiger partial charge in [0.2, 0.25) is 15.9 Å². The first-order valence-corrected chi connectivity index (χ1v) is 13.0. The minimum absolute atomic E-state index is 0.146. The molecule has 0 bridgehead atoms. The average Bonchev–Trinajstić information content (AvgIpc) is 2.77. The quantitative estimate of drug-likeness (QED) is 0.563. The number of sulfonamides is 1. The standard InChI is InChI=1S/C26H36N2O4S/c1-19-15-20(2)26(21(3)16-19)33(30,31)28(23-9-7-6-8-10-23)18-25(29)27(4)17-22-11-13-24(32-5)14-12-22/h11-16,23H,6-10,17-18H2,1-5H3. The zero-order chi connectivity index (χ0) is 24.2. The minimum Gasteiger partial charge on any atom is -0.497 e. The number of amides is 1. The van der Waals surface area contributed by atoms with E-state index in [4.69, 9.17) is 4.74 Å². The topological polar surface area (TPSA) is 66.9 Å². The van der Waals surface area contributed by atoms with Crippen molar-refractivity contribution in [3.05, 3.63) is 58.7 Å². The molecule has 3 rings (SSSR count). The highest BCUT2D eigenvalue weighted by molar-refractivity contribution is 7.89. The van der Waals surface area contributed by atoms with Gasteiger partial charge in [-0.1, -0.05) is 49.1 Å². The molecule has 0 atom stereocenters. The van der Waals surface area contributed by atoms with Gasteiger partial charge < -0.3 is 9.64 Å². The van der Waals surface area contributed by atoms with Crippen LogP contribution >= 0.6 is 0 Å². The summed E-state index contributed by atoms with van der Waals surface area (Å²) in [7, 11) is -0.484. The molecule has 1 aliphatic carbocycles. The second-order valence-electron chi connectivity index (χ2n) is 9.17. The zero-order valence-corrected chi connectivity index (χ0v) is 21.2. The second-order valence-corrected chi connectivity index (χ2v) is 11.0. The summed E-state index contributed by atoms with van der Waals surface area (Å²) < 4.78 is 34.5. The number of carbonyl (C=O) groups is 1. The van der Waals surface area contributed by atoms with E-state index in [1.54, 1.807) is 19.1 Å². The minimum atomic E-state index is -3.82. The van der Waals surface area contributed by atoms with E-state index in [9.17, 15) is 13.2 Å². The van der Waals surface area contributed by atoms with E-state index in [2.05, 4.69) is 0 Å². The molecule has 0 aliphatic heterocycles. The molecule has 0 spiro atoms. The molecule has 1 fully saturated rings. The van der Waals surface area contributed by atoms with Crippen LogP contribution in [0.25, 0.3) is 0 Å². The third-order valence-corrected chi connectivity index (χ3v) is 8.65. The first-order valence-electron chi connectivity index (χ1n) is 11.6. The number of ether oxygens (including phenoxy) is 1. The fraction of sp³-hybridized carbons (Fsp3) is 0.500. The van der Waals surface area contributed by atoms with Gasteiger partial charge in [-0.25, -0.2) is 8.42 Å². The van der Waals surface area contributed by atoms with Crippen molar-refractivity contribution in [3.63, 3.8) is 0 Å². The van der Waals surface area contributed by atoms with Crippen molar-refractivity contribution in [2.45, 2.75) is 70.4 Å². The second kappa shape index (κ2) is 10.7. The number of methoxy groups -OCH3 is 1. The van der Waals surface area contributed by atoms with Gasteiger partial charge in [0.1, 0.15) is 5.75 Å². The maximum atomic E-state index is 13.9. The molecule has 6 nitrogen and oxygen atoms in total. The van der Waals surface area contributed by atoms with E-state index in [0.29, 0.717) is 11.4 Å². The Morgan fingerprint density at radius 1 is 1.00 bits per heavy atom. The van der Waals surface area contributed by atoms with E-state index in [0.717, 1.165) is 60.1 Å². The lowest BCUT2D eigenvalue weighted by atomic mass is 9.95. The Bertz CT molecular complexity index is 1050. The van der Waals surface area contributed by atoms with Gasteiger partial charge >= 0.3 is 0 Å². The van der Waals surface area contributed by atoms with Gasteiger partial charge in [-0.2, -0.15) is 4.31 Å². The molecule has 180 valence electrons. The van der Waals surface area contributed by atoms with Gasteiger partial charge in [0.15, 0.2) is 0 Å². The number of nitrogens with zero attached hydrogens (tertiary/aromatic N) is 2. The van der Waals surface area contributed by atoms with E-state index in [1.807, 2.05) is 57.2 Å². The van der Waals surface area contributed by atoms with Crippen LogP contribution in [0.5, 0.6) is 5.75 Å². The van der Waals surface area contributed by atoms with Crippen LogP contribution < -0.4 is 4.74 Å². The maximum absolute atomic E-state index is 13.9. The van der Waals surface area contributed by atoms with Crippen LogP contribution in [-0.4, -0.2) is 50.3 Å². The number of likely N-dealkylation sites (N-methyl/N-ethyl adjacent to an activating group) is 1. The Hall–Kier alpha value is -2.38. The smallest absolute Gasteiger partial charge is 0.244 e. The van der Waals surface area contributed by atoms with Gasteiger partial charge in [-0.15, -0.1) is 0 Å². The summed E-state index contributed by atoms with van der Waals surface area (Å²) in [5.41, 5.74) is 3.45. The highest BCUT2D eigenvalue weighted by atomic mass is 32.2. The van der Waals surface area contributed by atoms with Gasteiger partial charge in [-0.05, 0) is 62.4 Å². The van der Waals surface area contributed by atoms with Crippen molar-refractivity contribution in [3.8, 4) is 5.75 Å². The summed E-state index contributed by atoms with van der Waals surface area (Å²) in [6, 6.07) is 11.2. The Balaban J connectivity index is 1.87. The van der Waals surface area contributed by atoms with Gasteiger partial charge in [0, 0.05) is 19.6 Å². The van der Waals surface area contributed by atoms with Crippen LogP contribution in [0.2, 0.25) is 0 Å². The number of carbonyl (C=O) groups excluding carboxylic acids is 1. The molecule has 2 aromatic carbocycles. The fourth-order valence-electron chi connectivity index (χ4n) is 4.82. The molecule has 0 unspecified atom stereocenters. The molecule has 1 saturated carbocycles. The highest BCUT2D eigenvalue weighted by Gasteiger charge is 2.36. The molecule has 0 aromatic heterocycles. The van der Waals surface area contributed by atoms with Crippen LogP contribution in [0.4, 0.5) is 0 Å². The summed E-state index contributed by atoms with van der Waals surface area (Å²) in [5, 5.41) is 0. The predicted octanol–water partition coefficient (Wildman–Crippen LogP) is 4.60. The molecule has 33 heavy (non-hydrogen) atoms. The lowest BCUT2D eigenvalue weighted by molar-refractivity contribution is -0.131. The monoisotopic (exact) mass is 472 g/mol. The molecule has 0 saturated heterocycles. The van der Waals surface area contributed by atoms with Crippen LogP contribution in [-0.2, 0) is 21.4 Å². The van der Waals surface area contributed by atoms with Crippen molar-refractivity contribution < 1.29 is 17.9 Å². The number of aryl methyl sites for hydroxylation is 3. The maximum Gasteiger partial charge on any atom is 0.244 e. The average molecular weight is 473 g/mol. The third-order valence-electron chi connectivity index (χ3n) is 6.45. The molecule has 0 N–H and O–H groups in total. The summed E-state index contributed by atoms with van der Waals surface area (Å²) in [6.07, 6.45) is 4.66. The molecule has 0 heterocycles. The first kappa shape index (κ1) is 25.2. The third kappa shape index (κ3) is 5.95. The van der Waals surface area contributed by atoms with E-state index < -0.39 is 10.0 Å². The first-order chi connectivity index (χ1) is 15.6. The summed E-state index contributed by atoms with van der Waals surface area (Å²) in [4.78, 5) is 15.2. The number of rotatable bonds is 8. The molecular formula is C26H36N2O4S. The summed E-state index contributed by atoms with van der Waals surface area (Å²) in [6.45, 7) is 5.90. The van der Waals surface area contributed by atoms with Gasteiger partial charge in [0.25, 0.3) is 0 Å². The number of hydrogen-bond acceptors (Lipinski definition) is 4. The van der Waals surface area contributed by atoms with Crippen LogP contribution in [0.15, 0.2) is 41.3 Å². The Morgan fingerprint density at radius 2 is 1.58 bits per heavy atom. The van der Waals surface area contributed by atoms with Crippen molar-refractivity contribution in [2.24, 2.45) is 0 Å². The molecule has 0 radical (unpaired) electrons. The fourth-order valence-corrected chi connectivity index (χ4v) is 6.87. The van der Waals surface area contributed by atoms with E-state index in [1.165, 1.54) is 4.31 Å². The normalized spacial score (nSPS) is 15.0. The Labute approximate surface area is 198 Å². The summed E-state index contributed by atoms with van der Waals surface area (Å²) >= 11 is 0. The van der Waals surface area contributed by atoms with Gasteiger partial charge in [-0.3, -0.25) is 4.79 Å². The molecule has 1 aliphatic rings. The van der Waals surface area contributed by atoms with E-state index >= 15 is 0 Å². The predicted molar refractivity (Wildman–Crippen MR) is 131 cm³/mol. The van der Waals surface area contributed by atoms with Crippen molar-refractivity contribution in [2.75, 3.05) is 20.7 Å². The molecule has 7 heteroatoms. The van der Waals surface area contributed by atoms with Crippen molar-refractivity contribution >= 4 is 15.9 Å². The van der Waals surface area contributed by atoms with E-state index in [-0.39, 0.29) is 18.5 Å². The van der Waals surface area contributed by atoms with Gasteiger partial charge in [0.05, 0.1) is 18.6 Å². The highest BCUT2D eigenvalue weighted by Crippen LogP contribution is 2.31. The molecular weight excluding hydrogens is 436 g/mol. The largest absolute Gasteiger partial charge is 0.497 e. The lowest BCUT2D eigenvalue weighted by Gasteiger charge is -2.34. The molecule has 2 aromatic rings. The number of benzene rings is 2. The summed E-state index contributed by atoms with van der Waals surface area (Å²) in [5.74, 6) is 0.550. The lowest BCUT2D eigenvalue weighted by Crippen LogP contribution is -2.47. The SMILES string of the molecule is COc1ccc(CN(C)C(=O)CN(C2CCCCC2)S(=O)(=O)c2c(C)cc(C)cc2C)cc1. The zero-order valence-electron chi connectivity index (χ0n) is 20.4. The van der Waals surface area contributed by atoms with Crippen LogP contribution in [0.1, 0.15) is 54.4 Å². The van der Waals surface area contributed by atoms with Crippen molar-refractivity contribution in [1.82, 2.24) is 9.21 Å². The Kier molecular flexibility index (Phi) is 8.19. The van der Waals surface area contributed by atoms with Crippen molar-refractivity contribution in [1.29, 1.82) is 0 Å². The van der Waals surface area contributed by atoms with Crippen LogP contribution in [0, 0.1) is 20.8 Å². The number of hydrogen-bond donors (Lipinski definition) is 0.